The van der Waals surface area contributed by atoms with Crippen LogP contribution in [0.1, 0.15) is 26.7 Å². The molecule has 0 radical (unpaired) electrons. The third-order valence-corrected chi connectivity index (χ3v) is 7.19. The molecule has 0 amide bonds. The Bertz CT molecular complexity index is 1540. The van der Waals surface area contributed by atoms with Crippen LogP contribution in [-0.2, 0) is 9.53 Å². The highest BCUT2D eigenvalue weighted by Crippen LogP contribution is 2.36. The first-order valence-electron chi connectivity index (χ1n) is 12.9. The topological polar surface area (TPSA) is 110 Å². The molecule has 10 heteroatoms. The van der Waals surface area contributed by atoms with Gasteiger partial charge in [0.25, 0.3) is 0 Å². The van der Waals surface area contributed by atoms with Crippen molar-refractivity contribution in [3.8, 4) is 28.4 Å². The van der Waals surface area contributed by atoms with Gasteiger partial charge in [-0.3, -0.25) is 9.36 Å². The molecule has 2 atom stereocenters. The number of fused-ring (bicyclic) bond motifs is 1. The van der Waals surface area contributed by atoms with E-state index in [1.54, 1.807) is 40.8 Å². The maximum absolute atomic E-state index is 13.6. The minimum atomic E-state index is -0.676. The molecule has 1 aliphatic carbocycles. The van der Waals surface area contributed by atoms with Crippen LogP contribution < -0.4 is 20.9 Å². The zero-order valence-electron chi connectivity index (χ0n) is 22.0. The van der Waals surface area contributed by atoms with Gasteiger partial charge in [0.05, 0.1) is 18.5 Å². The number of esters is 1. The fourth-order valence-electron chi connectivity index (χ4n) is 4.36. The molecule has 204 valence electrons. The minimum Gasteiger partial charge on any atom is -0.493 e. The number of methoxy groups -OCH3 is 1. The van der Waals surface area contributed by atoms with Crippen molar-refractivity contribution in [3.63, 3.8) is 0 Å². The number of nitrogens with zero attached hydrogens (tertiary/aromatic N) is 3. The monoisotopic (exact) mass is 550 g/mol. The Hall–Kier alpha value is -3.82. The zero-order valence-corrected chi connectivity index (χ0v) is 22.8. The lowest BCUT2D eigenvalue weighted by Crippen LogP contribution is -2.40. The summed E-state index contributed by atoms with van der Waals surface area (Å²) in [5.41, 5.74) is 8.33. The first-order valence-corrected chi connectivity index (χ1v) is 13.3. The van der Waals surface area contributed by atoms with E-state index in [2.05, 4.69) is 4.98 Å². The highest BCUT2D eigenvalue weighted by molar-refractivity contribution is 6.30. The van der Waals surface area contributed by atoms with Crippen LogP contribution in [-0.4, -0.2) is 45.8 Å². The number of rotatable bonds is 10. The van der Waals surface area contributed by atoms with Crippen LogP contribution in [0.15, 0.2) is 65.7 Å². The molecule has 2 aromatic carbocycles. The molecule has 2 unspecified atom stereocenters. The van der Waals surface area contributed by atoms with E-state index < -0.39 is 12.0 Å². The highest BCUT2D eigenvalue weighted by Gasteiger charge is 2.36. The largest absolute Gasteiger partial charge is 0.493 e. The van der Waals surface area contributed by atoms with Crippen molar-refractivity contribution in [2.45, 2.75) is 38.8 Å². The Morgan fingerprint density at radius 1 is 1.10 bits per heavy atom. The summed E-state index contributed by atoms with van der Waals surface area (Å²) in [6.45, 7) is 3.95. The molecule has 9 nitrogen and oxygen atoms in total. The summed E-state index contributed by atoms with van der Waals surface area (Å²) in [5.74, 6) is 0.729. The van der Waals surface area contributed by atoms with Gasteiger partial charge in [-0.05, 0) is 66.6 Å². The molecule has 0 spiro atoms. The number of carbonyl (C=O) groups excluding carboxylic acids is 1. The number of aromatic nitrogens is 3. The summed E-state index contributed by atoms with van der Waals surface area (Å²) in [5, 5.41) is 0.616. The number of hydrogen-bond acceptors (Lipinski definition) is 7. The van der Waals surface area contributed by atoms with Gasteiger partial charge in [-0.2, -0.15) is 0 Å². The van der Waals surface area contributed by atoms with Gasteiger partial charge in [0.1, 0.15) is 30.7 Å². The van der Waals surface area contributed by atoms with E-state index in [1.165, 1.54) is 18.0 Å². The van der Waals surface area contributed by atoms with E-state index in [0.29, 0.717) is 33.6 Å². The molecule has 0 saturated heterocycles. The number of hydrogen-bond donors (Lipinski definition) is 1. The second kappa shape index (κ2) is 11.1. The van der Waals surface area contributed by atoms with E-state index in [4.69, 9.17) is 31.5 Å². The molecule has 1 fully saturated rings. The van der Waals surface area contributed by atoms with Gasteiger partial charge >= 0.3 is 11.7 Å². The van der Waals surface area contributed by atoms with Crippen LogP contribution in [0.3, 0.4) is 0 Å². The smallest absolute Gasteiger partial charge is 0.340 e. The van der Waals surface area contributed by atoms with Crippen LogP contribution in [0, 0.1) is 11.8 Å². The number of ether oxygens (including phenoxy) is 3. The predicted molar refractivity (Wildman–Crippen MR) is 149 cm³/mol. The highest BCUT2D eigenvalue weighted by atomic mass is 35.5. The van der Waals surface area contributed by atoms with Crippen molar-refractivity contribution in [2.75, 3.05) is 13.7 Å². The molecule has 4 aromatic rings. The van der Waals surface area contributed by atoms with Crippen molar-refractivity contribution >= 4 is 23.2 Å². The maximum atomic E-state index is 13.6. The Labute approximate surface area is 231 Å². The third kappa shape index (κ3) is 5.65. The Morgan fingerprint density at radius 2 is 1.85 bits per heavy atom. The Kier molecular flexibility index (Phi) is 7.63. The summed E-state index contributed by atoms with van der Waals surface area (Å²) in [6.07, 6.45) is 3.05. The van der Waals surface area contributed by atoms with Crippen LogP contribution in [0.2, 0.25) is 5.02 Å². The molecule has 5 rings (SSSR count). The van der Waals surface area contributed by atoms with Crippen molar-refractivity contribution in [1.29, 1.82) is 0 Å². The van der Waals surface area contributed by atoms with Crippen LogP contribution in [0.25, 0.3) is 22.6 Å². The zero-order chi connectivity index (χ0) is 27.7. The molecular formula is C29H31ClN4O5. The number of halogens is 1. The molecule has 0 bridgehead atoms. The molecule has 0 aliphatic heterocycles. The molecular weight excluding hydrogens is 520 g/mol. The Balaban J connectivity index is 1.39. The molecule has 2 N–H and O–H groups in total. The first-order chi connectivity index (χ1) is 18.8. The average molecular weight is 551 g/mol. The summed E-state index contributed by atoms with van der Waals surface area (Å²) in [4.78, 5) is 30.5. The van der Waals surface area contributed by atoms with Gasteiger partial charge in [0.2, 0.25) is 0 Å². The van der Waals surface area contributed by atoms with E-state index in [9.17, 15) is 9.59 Å². The van der Waals surface area contributed by atoms with E-state index >= 15 is 0 Å². The summed E-state index contributed by atoms with van der Waals surface area (Å²) >= 11 is 6.04. The fraction of sp³-hybridized carbons (Fsp3) is 0.345. The van der Waals surface area contributed by atoms with Gasteiger partial charge in [0.15, 0.2) is 11.5 Å². The lowest BCUT2D eigenvalue weighted by Gasteiger charge is -2.22. The number of benzene rings is 2. The summed E-state index contributed by atoms with van der Waals surface area (Å²) in [6, 6.07) is 15.4. The van der Waals surface area contributed by atoms with Gasteiger partial charge in [0, 0.05) is 11.1 Å². The Morgan fingerprint density at radius 3 is 2.51 bits per heavy atom. The first kappa shape index (κ1) is 26.8. The summed E-state index contributed by atoms with van der Waals surface area (Å²) < 4.78 is 20.3. The molecule has 39 heavy (non-hydrogen) atoms. The van der Waals surface area contributed by atoms with Crippen molar-refractivity contribution in [1.82, 2.24) is 14.0 Å². The van der Waals surface area contributed by atoms with Crippen molar-refractivity contribution in [3.05, 3.63) is 76.4 Å². The minimum absolute atomic E-state index is 0.0168. The second-order valence-corrected chi connectivity index (χ2v) is 10.5. The number of nitrogens with two attached hydrogens (primary N) is 1. The van der Waals surface area contributed by atoms with E-state index in [0.717, 1.165) is 18.4 Å². The lowest BCUT2D eigenvalue weighted by molar-refractivity contribution is -0.154. The predicted octanol–water partition coefficient (Wildman–Crippen LogP) is 4.50. The van der Waals surface area contributed by atoms with Crippen molar-refractivity contribution in [2.24, 2.45) is 17.6 Å². The molecule has 2 aromatic heterocycles. The van der Waals surface area contributed by atoms with Crippen LogP contribution >= 0.6 is 11.6 Å². The maximum Gasteiger partial charge on any atom is 0.340 e. The van der Waals surface area contributed by atoms with Gasteiger partial charge < -0.3 is 19.9 Å². The normalized spacial score (nSPS) is 14.8. The van der Waals surface area contributed by atoms with Crippen LogP contribution in [0.4, 0.5) is 0 Å². The molecule has 2 heterocycles. The second-order valence-electron chi connectivity index (χ2n) is 10.0. The van der Waals surface area contributed by atoms with Crippen LogP contribution in [0.5, 0.6) is 11.5 Å². The molecule has 1 saturated carbocycles. The van der Waals surface area contributed by atoms with Gasteiger partial charge in [-0.15, -0.1) is 0 Å². The van der Waals surface area contributed by atoms with E-state index in [-0.39, 0.29) is 30.2 Å². The SMILES string of the molecule is COc1cc(-n2cnc3ccc(-c4ccc(Cl)cc4)n3c2=O)ccc1OCC(OC(=O)C(N)C(C)C)C1CC1. The lowest BCUT2D eigenvalue weighted by atomic mass is 10.1. The van der Waals surface area contributed by atoms with E-state index in [1.807, 2.05) is 32.0 Å². The quantitative estimate of drug-likeness (QED) is 0.289. The molecule has 1 aliphatic rings. The van der Waals surface area contributed by atoms with Gasteiger partial charge in [-0.1, -0.05) is 37.6 Å². The number of carbonyl (C=O) groups is 1. The fourth-order valence-corrected chi connectivity index (χ4v) is 4.48. The standard InChI is InChI=1S/C29H31ClN4O5/c1-17(2)27(31)28(35)39-25(19-4-5-19)15-38-23-12-10-21(14-24(23)37-3)33-16-32-26-13-11-22(34(26)29(33)36)18-6-8-20(30)9-7-18/h6-14,16-17,19,25,27H,4-5,15,31H2,1-3H3. The third-order valence-electron chi connectivity index (χ3n) is 6.94. The van der Waals surface area contributed by atoms with Gasteiger partial charge in [-0.25, -0.2) is 14.2 Å². The van der Waals surface area contributed by atoms with Crippen molar-refractivity contribution < 1.29 is 19.0 Å². The average Bonchev–Trinajstić information content (AvgIpc) is 3.69. The summed E-state index contributed by atoms with van der Waals surface area (Å²) in [7, 11) is 1.53.